The van der Waals surface area contributed by atoms with E-state index >= 15 is 0 Å². The van der Waals surface area contributed by atoms with E-state index in [1.165, 1.54) is 7.11 Å². The second-order valence-corrected chi connectivity index (χ2v) is 3.47. The van der Waals surface area contributed by atoms with Gasteiger partial charge in [0, 0.05) is 6.42 Å². The highest BCUT2D eigenvalue weighted by Crippen LogP contribution is 2.26. The lowest BCUT2D eigenvalue weighted by molar-refractivity contribution is -0.142. The molecule has 1 rings (SSSR count). The van der Waals surface area contributed by atoms with Crippen molar-refractivity contribution in [3.8, 4) is 0 Å². The molecule has 0 aromatic carbocycles. The Labute approximate surface area is 72.7 Å². The smallest absolute Gasteiger partial charge is 0.305 e. The maximum atomic E-state index is 10.9. The molecule has 1 N–H and O–H groups in total. The Kier molecular flexibility index (Phi) is 3.53. The van der Waals surface area contributed by atoms with Gasteiger partial charge >= 0.3 is 5.97 Å². The molecule has 0 amide bonds. The van der Waals surface area contributed by atoms with Gasteiger partial charge in [0.15, 0.2) is 0 Å². The summed E-state index contributed by atoms with van der Waals surface area (Å²) in [5.41, 5.74) is 0. The topological polar surface area (TPSA) is 46.5 Å². The Morgan fingerprint density at radius 3 is 2.92 bits per heavy atom. The van der Waals surface area contributed by atoms with Gasteiger partial charge in [0.25, 0.3) is 0 Å². The van der Waals surface area contributed by atoms with Gasteiger partial charge in [0.2, 0.25) is 0 Å². The van der Waals surface area contributed by atoms with Crippen LogP contribution in [0.4, 0.5) is 0 Å². The molecule has 2 atom stereocenters. The molecule has 1 fully saturated rings. The summed E-state index contributed by atoms with van der Waals surface area (Å²) in [6.45, 7) is 0. The molecule has 1 aliphatic rings. The third-order valence-electron chi connectivity index (χ3n) is 2.44. The zero-order valence-electron chi connectivity index (χ0n) is 7.45. The van der Waals surface area contributed by atoms with Crippen LogP contribution in [0.5, 0.6) is 0 Å². The van der Waals surface area contributed by atoms with Crippen molar-refractivity contribution in [2.75, 3.05) is 7.11 Å². The fraction of sp³-hybridized carbons (Fsp3) is 0.889. The number of aliphatic hydroxyl groups is 1. The molecule has 0 saturated heterocycles. The van der Waals surface area contributed by atoms with Crippen molar-refractivity contribution >= 4 is 5.97 Å². The third-order valence-corrected chi connectivity index (χ3v) is 2.44. The summed E-state index contributed by atoms with van der Waals surface area (Å²) in [4.78, 5) is 10.9. The minimum absolute atomic E-state index is 0.158. The molecule has 0 aromatic rings. The third kappa shape index (κ3) is 2.81. The summed E-state index contributed by atoms with van der Waals surface area (Å²) in [5.74, 6) is 0.176. The highest BCUT2D eigenvalue weighted by Gasteiger charge is 2.22. The molecule has 70 valence electrons. The van der Waals surface area contributed by atoms with Gasteiger partial charge in [-0.15, -0.1) is 0 Å². The van der Waals surface area contributed by atoms with Gasteiger partial charge in [-0.05, 0) is 25.2 Å². The largest absolute Gasteiger partial charge is 0.469 e. The van der Waals surface area contributed by atoms with E-state index in [4.69, 9.17) is 0 Å². The number of methoxy groups -OCH3 is 1. The van der Waals surface area contributed by atoms with Crippen LogP contribution in [0.1, 0.15) is 32.1 Å². The fourth-order valence-electron chi connectivity index (χ4n) is 1.77. The highest BCUT2D eigenvalue weighted by atomic mass is 16.5. The number of carbonyl (C=O) groups is 1. The first-order valence-corrected chi connectivity index (χ1v) is 4.47. The van der Waals surface area contributed by atoms with Crippen molar-refractivity contribution in [2.24, 2.45) is 5.92 Å². The molecular formula is C9H16O3. The van der Waals surface area contributed by atoms with Crippen LogP contribution in [0.15, 0.2) is 0 Å². The van der Waals surface area contributed by atoms with Crippen molar-refractivity contribution in [1.82, 2.24) is 0 Å². The van der Waals surface area contributed by atoms with E-state index in [1.54, 1.807) is 0 Å². The van der Waals surface area contributed by atoms with Crippen LogP contribution < -0.4 is 0 Å². The second-order valence-electron chi connectivity index (χ2n) is 3.47. The molecule has 0 radical (unpaired) electrons. The maximum absolute atomic E-state index is 10.9. The Hall–Kier alpha value is -0.570. The molecule has 3 nitrogen and oxygen atoms in total. The summed E-state index contributed by atoms with van der Waals surface area (Å²) >= 11 is 0. The van der Waals surface area contributed by atoms with Gasteiger partial charge in [-0.3, -0.25) is 4.79 Å². The van der Waals surface area contributed by atoms with Crippen LogP contribution >= 0.6 is 0 Å². The Morgan fingerprint density at radius 1 is 1.58 bits per heavy atom. The van der Waals surface area contributed by atoms with Crippen molar-refractivity contribution < 1.29 is 14.6 Å². The minimum Gasteiger partial charge on any atom is -0.469 e. The molecule has 3 heteroatoms. The Balaban J connectivity index is 2.27. The van der Waals surface area contributed by atoms with Crippen molar-refractivity contribution in [1.29, 1.82) is 0 Å². The number of esters is 1. The molecule has 0 spiro atoms. The van der Waals surface area contributed by atoms with Crippen molar-refractivity contribution in [3.63, 3.8) is 0 Å². The molecule has 12 heavy (non-hydrogen) atoms. The number of ether oxygens (including phenoxy) is 1. The maximum Gasteiger partial charge on any atom is 0.305 e. The van der Waals surface area contributed by atoms with Crippen molar-refractivity contribution in [2.45, 2.75) is 38.2 Å². The lowest BCUT2D eigenvalue weighted by Gasteiger charge is -2.24. The number of hydrogen-bond donors (Lipinski definition) is 1. The van der Waals surface area contributed by atoms with Gasteiger partial charge in [-0.2, -0.15) is 0 Å². The van der Waals surface area contributed by atoms with E-state index < -0.39 is 0 Å². The van der Waals surface area contributed by atoms with Crippen LogP contribution in [0.2, 0.25) is 0 Å². The summed E-state index contributed by atoms with van der Waals surface area (Å²) in [6, 6.07) is 0. The van der Waals surface area contributed by atoms with E-state index in [0.717, 1.165) is 25.7 Å². The summed E-state index contributed by atoms with van der Waals surface area (Å²) in [6.07, 6.45) is 3.99. The van der Waals surface area contributed by atoms with Gasteiger partial charge in [-0.1, -0.05) is 6.42 Å². The predicted molar refractivity (Wildman–Crippen MR) is 44.6 cm³/mol. The summed E-state index contributed by atoms with van der Waals surface area (Å²) < 4.78 is 4.57. The van der Waals surface area contributed by atoms with E-state index in [-0.39, 0.29) is 12.1 Å². The van der Waals surface area contributed by atoms with Gasteiger partial charge in [0.05, 0.1) is 13.2 Å². The first kappa shape index (κ1) is 9.52. The zero-order chi connectivity index (χ0) is 8.97. The molecular weight excluding hydrogens is 156 g/mol. The second kappa shape index (κ2) is 4.45. The van der Waals surface area contributed by atoms with E-state index in [1.807, 2.05) is 0 Å². The van der Waals surface area contributed by atoms with E-state index in [0.29, 0.717) is 12.3 Å². The molecule has 1 aliphatic carbocycles. The number of hydrogen-bond acceptors (Lipinski definition) is 3. The Bertz CT molecular complexity index is 156. The average Bonchev–Trinajstić information content (AvgIpc) is 2.04. The van der Waals surface area contributed by atoms with Crippen LogP contribution in [0.25, 0.3) is 0 Å². The molecule has 0 heterocycles. The number of rotatable bonds is 2. The van der Waals surface area contributed by atoms with Crippen LogP contribution in [-0.4, -0.2) is 24.3 Å². The van der Waals surface area contributed by atoms with Gasteiger partial charge in [0.1, 0.15) is 0 Å². The quantitative estimate of drug-likeness (QED) is 0.634. The SMILES string of the molecule is COC(=O)CC1CCCC(O)C1. The predicted octanol–water partition coefficient (Wildman–Crippen LogP) is 1.10. The zero-order valence-corrected chi connectivity index (χ0v) is 7.45. The standard InChI is InChI=1S/C9H16O3/c1-12-9(11)6-7-3-2-4-8(10)5-7/h7-8,10H,2-6H2,1H3. The lowest BCUT2D eigenvalue weighted by atomic mass is 9.85. The molecule has 0 aromatic heterocycles. The Morgan fingerprint density at radius 2 is 2.33 bits per heavy atom. The van der Waals surface area contributed by atoms with Gasteiger partial charge in [-0.25, -0.2) is 0 Å². The molecule has 0 bridgehead atoms. The van der Waals surface area contributed by atoms with Gasteiger partial charge < -0.3 is 9.84 Å². The normalized spacial score (nSPS) is 29.8. The highest BCUT2D eigenvalue weighted by molar-refractivity contribution is 5.69. The first-order valence-electron chi connectivity index (χ1n) is 4.47. The van der Waals surface area contributed by atoms with Crippen LogP contribution in [0.3, 0.4) is 0 Å². The average molecular weight is 172 g/mol. The van der Waals surface area contributed by atoms with E-state index in [2.05, 4.69) is 4.74 Å². The number of aliphatic hydroxyl groups excluding tert-OH is 1. The molecule has 2 unspecified atom stereocenters. The van der Waals surface area contributed by atoms with Crippen LogP contribution in [0, 0.1) is 5.92 Å². The summed E-state index contributed by atoms with van der Waals surface area (Å²) in [5, 5.41) is 9.31. The number of carbonyl (C=O) groups excluding carboxylic acids is 1. The molecule has 0 aliphatic heterocycles. The van der Waals surface area contributed by atoms with Crippen LogP contribution in [-0.2, 0) is 9.53 Å². The molecule has 1 saturated carbocycles. The fourth-order valence-corrected chi connectivity index (χ4v) is 1.77. The lowest BCUT2D eigenvalue weighted by Crippen LogP contribution is -2.22. The summed E-state index contributed by atoms with van der Waals surface area (Å²) in [7, 11) is 1.40. The van der Waals surface area contributed by atoms with E-state index in [9.17, 15) is 9.90 Å². The van der Waals surface area contributed by atoms with Crippen molar-refractivity contribution in [3.05, 3.63) is 0 Å². The first-order chi connectivity index (χ1) is 5.72. The minimum atomic E-state index is -0.201. The monoisotopic (exact) mass is 172 g/mol.